The van der Waals surface area contributed by atoms with E-state index in [-0.39, 0.29) is 12.7 Å². The van der Waals surface area contributed by atoms with Gasteiger partial charge in [-0.1, -0.05) is 110 Å². The van der Waals surface area contributed by atoms with Gasteiger partial charge < -0.3 is 18.9 Å². The van der Waals surface area contributed by atoms with Gasteiger partial charge >= 0.3 is 6.16 Å². The third-order valence-corrected chi connectivity index (χ3v) is 7.24. The predicted molar refractivity (Wildman–Crippen MR) is 149 cm³/mol. The number of unbranched alkanes of at least 4 members (excludes halogenated alkanes) is 15. The van der Waals surface area contributed by atoms with Crippen LogP contribution in [0.25, 0.3) is 0 Å². The van der Waals surface area contributed by atoms with Crippen LogP contribution in [0.5, 0.6) is 0 Å². The summed E-state index contributed by atoms with van der Waals surface area (Å²) in [5.41, 5.74) is 0. The second-order valence-electron chi connectivity index (χ2n) is 10.5. The number of piperidine rings is 1. The van der Waals surface area contributed by atoms with E-state index in [2.05, 4.69) is 11.8 Å². The Kier molecular flexibility index (Phi) is 23.8. The van der Waals surface area contributed by atoms with Crippen molar-refractivity contribution in [1.29, 1.82) is 0 Å². The fourth-order valence-corrected chi connectivity index (χ4v) is 4.79. The number of rotatable bonds is 25. The Hall–Kier alpha value is -0.850. The highest BCUT2D eigenvalue weighted by molar-refractivity contribution is 5.59. The predicted octanol–water partition coefficient (Wildman–Crippen LogP) is 7.92. The second kappa shape index (κ2) is 25.8. The Morgan fingerprint density at radius 1 is 0.667 bits per heavy atom. The Morgan fingerprint density at radius 3 is 1.72 bits per heavy atom. The Balaban J connectivity index is 1.80. The van der Waals surface area contributed by atoms with Crippen LogP contribution in [0, 0.1) is 0 Å². The zero-order valence-corrected chi connectivity index (χ0v) is 24.0. The van der Waals surface area contributed by atoms with E-state index in [4.69, 9.17) is 18.9 Å². The fraction of sp³-hybridized carbons (Fsp3) is 0.967. The number of methoxy groups -OCH3 is 1. The molecule has 1 heterocycles. The first kappa shape index (κ1) is 33.2. The van der Waals surface area contributed by atoms with Crippen LogP contribution >= 0.6 is 0 Å². The molecule has 0 aliphatic carbocycles. The maximum atomic E-state index is 11.8. The van der Waals surface area contributed by atoms with Gasteiger partial charge in [-0.2, -0.15) is 0 Å². The summed E-state index contributed by atoms with van der Waals surface area (Å²) in [5.74, 6) is 0. The molecule has 214 valence electrons. The molecule has 0 spiro atoms. The van der Waals surface area contributed by atoms with Crippen molar-refractivity contribution < 1.29 is 23.7 Å². The van der Waals surface area contributed by atoms with Crippen molar-refractivity contribution in [2.75, 3.05) is 53.2 Å². The molecule has 0 aromatic carbocycles. The summed E-state index contributed by atoms with van der Waals surface area (Å²) in [6, 6.07) is 0. The van der Waals surface area contributed by atoms with E-state index >= 15 is 0 Å². The van der Waals surface area contributed by atoms with Gasteiger partial charge in [-0.25, -0.2) is 4.79 Å². The van der Waals surface area contributed by atoms with Crippen LogP contribution in [0.2, 0.25) is 0 Å². The second-order valence-corrected chi connectivity index (χ2v) is 10.5. The monoisotopic (exact) mass is 513 g/mol. The van der Waals surface area contributed by atoms with Gasteiger partial charge in [0, 0.05) is 20.3 Å². The van der Waals surface area contributed by atoms with Crippen LogP contribution < -0.4 is 0 Å². The van der Waals surface area contributed by atoms with Crippen molar-refractivity contribution in [2.45, 2.75) is 135 Å². The lowest BCUT2D eigenvalue weighted by Gasteiger charge is -2.25. The van der Waals surface area contributed by atoms with E-state index in [0.29, 0.717) is 13.2 Å². The minimum absolute atomic E-state index is 0.165. The van der Waals surface area contributed by atoms with Crippen LogP contribution in [0.15, 0.2) is 0 Å². The molecule has 1 saturated heterocycles. The van der Waals surface area contributed by atoms with Gasteiger partial charge in [0.25, 0.3) is 0 Å². The van der Waals surface area contributed by atoms with Crippen molar-refractivity contribution in [3.05, 3.63) is 0 Å². The van der Waals surface area contributed by atoms with Crippen LogP contribution in [0.1, 0.15) is 129 Å². The van der Waals surface area contributed by atoms with Crippen LogP contribution in [0.4, 0.5) is 4.79 Å². The molecule has 0 amide bonds. The van der Waals surface area contributed by atoms with Crippen molar-refractivity contribution in [2.24, 2.45) is 0 Å². The maximum absolute atomic E-state index is 11.8. The van der Waals surface area contributed by atoms with Crippen molar-refractivity contribution in [3.63, 3.8) is 0 Å². The van der Waals surface area contributed by atoms with Gasteiger partial charge in [0.2, 0.25) is 0 Å². The van der Waals surface area contributed by atoms with Gasteiger partial charge in [-0.3, -0.25) is 4.90 Å². The summed E-state index contributed by atoms with van der Waals surface area (Å²) in [6.45, 7) is 6.98. The molecule has 0 aromatic rings. The lowest BCUT2D eigenvalue weighted by Crippen LogP contribution is -2.33. The number of ether oxygens (including phenoxy) is 4. The number of hydrogen-bond acceptors (Lipinski definition) is 6. The van der Waals surface area contributed by atoms with Gasteiger partial charge in [-0.05, 0) is 32.4 Å². The van der Waals surface area contributed by atoms with Gasteiger partial charge in [-0.15, -0.1) is 0 Å². The Labute approximate surface area is 223 Å². The van der Waals surface area contributed by atoms with E-state index in [1.165, 1.54) is 116 Å². The molecule has 6 nitrogen and oxygen atoms in total. The van der Waals surface area contributed by atoms with E-state index in [1.807, 2.05) is 0 Å². The zero-order chi connectivity index (χ0) is 25.9. The first-order valence-corrected chi connectivity index (χ1v) is 15.4. The molecule has 36 heavy (non-hydrogen) atoms. The number of carbonyl (C=O) groups is 1. The van der Waals surface area contributed by atoms with Gasteiger partial charge in [0.1, 0.15) is 19.3 Å². The third kappa shape index (κ3) is 21.3. The SMILES string of the molecule is CCCCCCCCCCCCCCCCCCOCC(COC(=O)OCCN1CCCCC1)OC. The molecule has 1 atom stereocenters. The normalized spacial score (nSPS) is 15.2. The molecule has 1 aliphatic rings. The van der Waals surface area contributed by atoms with Crippen molar-refractivity contribution in [3.8, 4) is 0 Å². The Morgan fingerprint density at radius 2 is 1.19 bits per heavy atom. The molecule has 0 N–H and O–H groups in total. The molecule has 1 fully saturated rings. The zero-order valence-electron chi connectivity index (χ0n) is 24.0. The number of nitrogens with zero attached hydrogens (tertiary/aromatic N) is 1. The average molecular weight is 514 g/mol. The van der Waals surface area contributed by atoms with Crippen LogP contribution in [-0.4, -0.2) is 70.3 Å². The summed E-state index contributed by atoms with van der Waals surface area (Å²) in [7, 11) is 1.62. The maximum Gasteiger partial charge on any atom is 0.508 e. The number of carbonyl (C=O) groups excluding carboxylic acids is 1. The number of hydrogen-bond donors (Lipinski definition) is 0. The lowest BCUT2D eigenvalue weighted by atomic mass is 10.0. The standard InChI is InChI=1S/C30H59NO5/c1-3-4-5-6-7-8-9-10-11-12-13-14-15-16-17-21-25-34-27-29(33-2)28-36-30(32)35-26-24-31-22-19-18-20-23-31/h29H,3-28H2,1-2H3. The smallest absolute Gasteiger partial charge is 0.433 e. The topological polar surface area (TPSA) is 57.2 Å². The van der Waals surface area contributed by atoms with Gasteiger partial charge in [0.15, 0.2) is 0 Å². The summed E-state index contributed by atoms with van der Waals surface area (Å²) < 4.78 is 21.5. The molecular weight excluding hydrogens is 454 g/mol. The first-order chi connectivity index (χ1) is 17.8. The lowest BCUT2D eigenvalue weighted by molar-refractivity contribution is -0.0389. The molecule has 0 saturated carbocycles. The summed E-state index contributed by atoms with van der Waals surface area (Å²) >= 11 is 0. The molecule has 1 aliphatic heterocycles. The molecule has 1 rings (SSSR count). The van der Waals surface area contributed by atoms with Crippen LogP contribution in [-0.2, 0) is 18.9 Å². The largest absolute Gasteiger partial charge is 0.508 e. The Bertz CT molecular complexity index is 470. The molecule has 0 radical (unpaired) electrons. The average Bonchev–Trinajstić information content (AvgIpc) is 2.90. The minimum atomic E-state index is -0.619. The highest BCUT2D eigenvalue weighted by Gasteiger charge is 2.14. The van der Waals surface area contributed by atoms with E-state index in [0.717, 1.165) is 32.7 Å². The number of likely N-dealkylation sites (tertiary alicyclic amines) is 1. The third-order valence-electron chi connectivity index (χ3n) is 7.24. The van der Waals surface area contributed by atoms with E-state index in [9.17, 15) is 4.79 Å². The molecule has 0 aromatic heterocycles. The first-order valence-electron chi connectivity index (χ1n) is 15.4. The van der Waals surface area contributed by atoms with Gasteiger partial charge in [0.05, 0.1) is 6.61 Å². The van der Waals surface area contributed by atoms with E-state index < -0.39 is 6.16 Å². The minimum Gasteiger partial charge on any atom is -0.433 e. The van der Waals surface area contributed by atoms with E-state index in [1.54, 1.807) is 7.11 Å². The van der Waals surface area contributed by atoms with Crippen LogP contribution in [0.3, 0.4) is 0 Å². The molecule has 1 unspecified atom stereocenters. The summed E-state index contributed by atoms with van der Waals surface area (Å²) in [6.07, 6.45) is 24.8. The summed E-state index contributed by atoms with van der Waals surface area (Å²) in [5, 5.41) is 0. The molecular formula is C30H59NO5. The highest BCUT2D eigenvalue weighted by Crippen LogP contribution is 2.14. The molecule has 6 heteroatoms. The summed E-state index contributed by atoms with van der Waals surface area (Å²) in [4.78, 5) is 14.1. The highest BCUT2D eigenvalue weighted by atomic mass is 16.7. The molecule has 0 bridgehead atoms. The van der Waals surface area contributed by atoms with Crippen molar-refractivity contribution >= 4 is 6.16 Å². The fourth-order valence-electron chi connectivity index (χ4n) is 4.79. The van der Waals surface area contributed by atoms with Crippen molar-refractivity contribution in [1.82, 2.24) is 4.90 Å². The quantitative estimate of drug-likeness (QED) is 0.0913.